The highest BCUT2D eigenvalue weighted by Crippen LogP contribution is 2.46. The zero-order valence-electron chi connectivity index (χ0n) is 18.4. The van der Waals surface area contributed by atoms with E-state index in [1.807, 2.05) is 39.8 Å². The van der Waals surface area contributed by atoms with Crippen LogP contribution in [-0.2, 0) is 11.8 Å². The summed E-state index contributed by atoms with van der Waals surface area (Å²) in [6.45, 7) is 10.6. The molecule has 4 rings (SSSR count). The molecule has 0 radical (unpaired) electrons. The first-order chi connectivity index (χ1) is 14.0. The van der Waals surface area contributed by atoms with E-state index in [2.05, 4.69) is 10.2 Å². The molecular weight excluding hydrogens is 384 g/mol. The average molecular weight is 415 g/mol. The van der Waals surface area contributed by atoms with E-state index in [4.69, 9.17) is 9.72 Å². The maximum atomic E-state index is 13.0. The number of piperidine rings is 1. The number of fused-ring (bicyclic) bond motifs is 2. The van der Waals surface area contributed by atoms with Crippen LogP contribution >= 0.6 is 0 Å². The lowest BCUT2D eigenvalue weighted by atomic mass is 10.0. The number of ether oxygens (including phenoxy) is 1. The van der Waals surface area contributed by atoms with Crippen molar-refractivity contribution in [2.45, 2.75) is 52.4 Å². The summed E-state index contributed by atoms with van der Waals surface area (Å²) >= 11 is 0. The minimum absolute atomic E-state index is 0.101. The number of amides is 1. The van der Waals surface area contributed by atoms with Gasteiger partial charge in [-0.1, -0.05) is 6.07 Å². The molecule has 162 valence electrons. The molecular formula is C22H30N4O4. The summed E-state index contributed by atoms with van der Waals surface area (Å²) in [7, 11) is 1.73. The van der Waals surface area contributed by atoms with Crippen LogP contribution in [0.2, 0.25) is 0 Å². The number of hydrogen-bond donors (Lipinski definition) is 2. The van der Waals surface area contributed by atoms with Crippen LogP contribution in [0.3, 0.4) is 0 Å². The molecule has 1 amide bonds. The van der Waals surface area contributed by atoms with Gasteiger partial charge in [-0.2, -0.15) is 0 Å². The fourth-order valence-corrected chi connectivity index (χ4v) is 4.49. The lowest BCUT2D eigenvalue weighted by molar-refractivity contribution is 0.0518. The number of rotatable bonds is 3. The van der Waals surface area contributed by atoms with Gasteiger partial charge in [0.05, 0.1) is 17.0 Å². The maximum absolute atomic E-state index is 13.0. The zero-order chi connectivity index (χ0) is 22.0. The SMILES string of the molecule is Cc1cc(C(C)O)c2nc(N3C[C@@H]4C(NC(=O)OC(C)(C)C)[C@@H]4C3)n(C)c(=O)c2c1. The molecule has 2 aliphatic rings. The molecule has 2 N–H and O–H groups in total. The van der Waals surface area contributed by atoms with Crippen LogP contribution in [0.25, 0.3) is 10.9 Å². The molecule has 8 heteroatoms. The molecule has 2 fully saturated rings. The Balaban J connectivity index is 1.56. The van der Waals surface area contributed by atoms with Crippen LogP contribution in [0.5, 0.6) is 0 Å². The minimum Gasteiger partial charge on any atom is -0.444 e. The third-order valence-electron chi connectivity index (χ3n) is 5.94. The Kier molecular flexibility index (Phi) is 4.80. The summed E-state index contributed by atoms with van der Waals surface area (Å²) in [5.74, 6) is 1.24. The number of alkyl carbamates (subject to hydrolysis) is 1. The van der Waals surface area contributed by atoms with E-state index in [1.54, 1.807) is 18.5 Å². The standard InChI is InChI=1S/C22H30N4O4/c1-11-7-13(12(2)27)17-14(8-11)19(28)25(6)20(23-17)26-9-15-16(10-26)18(15)24-21(29)30-22(3,4)5/h7-8,12,15-16,18,27H,9-10H2,1-6H3,(H,24,29)/t12?,15-,16+,18?. The third-order valence-corrected chi connectivity index (χ3v) is 5.94. The molecule has 8 nitrogen and oxygen atoms in total. The first-order valence-electron chi connectivity index (χ1n) is 10.4. The molecule has 0 bridgehead atoms. The third kappa shape index (κ3) is 3.64. The van der Waals surface area contributed by atoms with Crippen molar-refractivity contribution >= 4 is 22.9 Å². The van der Waals surface area contributed by atoms with Gasteiger partial charge in [-0.15, -0.1) is 0 Å². The van der Waals surface area contributed by atoms with Crippen molar-refractivity contribution in [1.82, 2.24) is 14.9 Å². The predicted octanol–water partition coefficient (Wildman–Crippen LogP) is 2.25. The first-order valence-corrected chi connectivity index (χ1v) is 10.4. The molecule has 0 spiro atoms. The zero-order valence-corrected chi connectivity index (χ0v) is 18.4. The van der Waals surface area contributed by atoms with E-state index >= 15 is 0 Å². The van der Waals surface area contributed by atoms with Crippen molar-refractivity contribution in [3.63, 3.8) is 0 Å². The number of aliphatic hydroxyl groups is 1. The van der Waals surface area contributed by atoms with Crippen molar-refractivity contribution in [2.75, 3.05) is 18.0 Å². The minimum atomic E-state index is -0.714. The molecule has 1 aliphatic heterocycles. The Morgan fingerprint density at radius 1 is 1.30 bits per heavy atom. The lowest BCUT2D eigenvalue weighted by Gasteiger charge is -2.25. The second kappa shape index (κ2) is 6.97. The summed E-state index contributed by atoms with van der Waals surface area (Å²) in [5, 5.41) is 13.7. The largest absolute Gasteiger partial charge is 0.444 e. The van der Waals surface area contributed by atoms with Crippen molar-refractivity contribution in [3.8, 4) is 0 Å². The molecule has 2 aromatic rings. The summed E-state index contributed by atoms with van der Waals surface area (Å²) < 4.78 is 6.93. The van der Waals surface area contributed by atoms with Crippen LogP contribution < -0.4 is 15.8 Å². The highest BCUT2D eigenvalue weighted by molar-refractivity contribution is 5.83. The summed E-state index contributed by atoms with van der Waals surface area (Å²) in [6, 6.07) is 3.80. The molecule has 1 aliphatic carbocycles. The van der Waals surface area contributed by atoms with Crippen LogP contribution in [0.1, 0.15) is 44.9 Å². The number of nitrogens with zero attached hydrogens (tertiary/aromatic N) is 3. The Morgan fingerprint density at radius 3 is 2.50 bits per heavy atom. The highest BCUT2D eigenvalue weighted by Gasteiger charge is 2.57. The number of carbonyl (C=O) groups is 1. The van der Waals surface area contributed by atoms with Gasteiger partial charge in [0, 0.05) is 43.6 Å². The summed E-state index contributed by atoms with van der Waals surface area (Å²) in [4.78, 5) is 31.9. The van der Waals surface area contributed by atoms with Gasteiger partial charge < -0.3 is 20.1 Å². The maximum Gasteiger partial charge on any atom is 0.407 e. The molecule has 1 saturated carbocycles. The van der Waals surface area contributed by atoms with Gasteiger partial charge in [-0.25, -0.2) is 9.78 Å². The second-order valence-electron chi connectivity index (χ2n) is 9.61. The van der Waals surface area contributed by atoms with E-state index in [1.165, 1.54) is 0 Å². The van der Waals surface area contributed by atoms with Crippen LogP contribution in [0, 0.1) is 18.8 Å². The van der Waals surface area contributed by atoms with Gasteiger partial charge in [0.25, 0.3) is 5.56 Å². The molecule has 1 aromatic carbocycles. The van der Waals surface area contributed by atoms with Crippen molar-refractivity contribution in [2.24, 2.45) is 18.9 Å². The van der Waals surface area contributed by atoms with Crippen LogP contribution in [0.4, 0.5) is 10.7 Å². The van der Waals surface area contributed by atoms with E-state index < -0.39 is 11.7 Å². The molecule has 2 heterocycles. The van der Waals surface area contributed by atoms with Crippen molar-refractivity contribution < 1.29 is 14.6 Å². The van der Waals surface area contributed by atoms with Gasteiger partial charge >= 0.3 is 6.09 Å². The molecule has 30 heavy (non-hydrogen) atoms. The van der Waals surface area contributed by atoms with Gasteiger partial charge in [0.2, 0.25) is 5.95 Å². The van der Waals surface area contributed by atoms with Crippen molar-refractivity contribution in [3.05, 3.63) is 33.6 Å². The fraction of sp³-hybridized carbons (Fsp3) is 0.591. The number of carbonyl (C=O) groups excluding carboxylic acids is 1. The number of benzene rings is 1. The van der Waals surface area contributed by atoms with E-state index in [9.17, 15) is 14.7 Å². The topological polar surface area (TPSA) is 96.7 Å². The predicted molar refractivity (Wildman–Crippen MR) is 115 cm³/mol. The molecule has 2 unspecified atom stereocenters. The average Bonchev–Trinajstić information content (AvgIpc) is 3.06. The van der Waals surface area contributed by atoms with Gasteiger partial charge in [-0.05, 0) is 46.2 Å². The smallest absolute Gasteiger partial charge is 0.407 e. The van der Waals surface area contributed by atoms with Crippen molar-refractivity contribution in [1.29, 1.82) is 0 Å². The van der Waals surface area contributed by atoms with Gasteiger partial charge in [-0.3, -0.25) is 9.36 Å². The van der Waals surface area contributed by atoms with Gasteiger partial charge in [0.15, 0.2) is 0 Å². The normalized spacial score (nSPS) is 24.0. The first kappa shape index (κ1) is 20.7. The Bertz CT molecular complexity index is 1060. The number of aliphatic hydroxyl groups excluding tert-OH is 1. The molecule has 1 saturated heterocycles. The molecule has 4 atom stereocenters. The van der Waals surface area contributed by atoms with Crippen LogP contribution in [-0.4, -0.2) is 45.5 Å². The summed E-state index contributed by atoms with van der Waals surface area (Å²) in [5.41, 5.74) is 1.50. The second-order valence-corrected chi connectivity index (χ2v) is 9.61. The number of hydrogen-bond acceptors (Lipinski definition) is 6. The molecule has 1 aromatic heterocycles. The van der Waals surface area contributed by atoms with E-state index in [0.29, 0.717) is 47.3 Å². The van der Waals surface area contributed by atoms with E-state index in [-0.39, 0.29) is 17.7 Å². The Hall–Kier alpha value is -2.61. The number of anilines is 1. The van der Waals surface area contributed by atoms with Crippen LogP contribution in [0.15, 0.2) is 16.9 Å². The number of aryl methyl sites for hydroxylation is 1. The quantitative estimate of drug-likeness (QED) is 0.800. The number of nitrogens with one attached hydrogen (secondary N) is 1. The number of aromatic nitrogens is 2. The lowest BCUT2D eigenvalue weighted by Crippen LogP contribution is -2.39. The monoisotopic (exact) mass is 414 g/mol. The summed E-state index contributed by atoms with van der Waals surface area (Å²) in [6.07, 6.45) is -1.10. The Labute approximate surface area is 175 Å². The van der Waals surface area contributed by atoms with E-state index in [0.717, 1.165) is 5.56 Å². The fourth-order valence-electron chi connectivity index (χ4n) is 4.49. The highest BCUT2D eigenvalue weighted by atomic mass is 16.6. The Morgan fingerprint density at radius 2 is 1.93 bits per heavy atom. The van der Waals surface area contributed by atoms with Gasteiger partial charge in [0.1, 0.15) is 5.60 Å².